The molecule has 1 N–H and O–H groups in total. The van der Waals surface area contributed by atoms with Crippen molar-refractivity contribution in [1.29, 1.82) is 0 Å². The minimum Gasteiger partial charge on any atom is -0.356 e. The number of pyridine rings is 1. The molecule has 2 aromatic rings. The van der Waals surface area contributed by atoms with Crippen LogP contribution in [-0.2, 0) is 11.2 Å². The minimum atomic E-state index is -0.00114. The molecule has 0 saturated carbocycles. The molecular weight excluding hydrogens is 190 g/mol. The molecule has 0 fully saturated rings. The van der Waals surface area contributed by atoms with Crippen LogP contribution in [0.3, 0.4) is 0 Å². The summed E-state index contributed by atoms with van der Waals surface area (Å²) in [6.07, 6.45) is 4.71. The zero-order valence-electron chi connectivity index (χ0n) is 8.60. The molecule has 4 heteroatoms. The Morgan fingerprint density at radius 2 is 2.40 bits per heavy atom. The number of imidazole rings is 1. The Morgan fingerprint density at radius 3 is 3.13 bits per heavy atom. The van der Waals surface area contributed by atoms with Crippen molar-refractivity contribution in [3.63, 3.8) is 0 Å². The highest BCUT2D eigenvalue weighted by atomic mass is 16.1. The zero-order chi connectivity index (χ0) is 10.7. The lowest BCUT2D eigenvalue weighted by Gasteiger charge is -1.97. The third kappa shape index (κ3) is 2.34. The Balaban J connectivity index is 2.05. The molecule has 0 aliphatic rings. The first kappa shape index (κ1) is 9.71. The number of hydrogen-bond donors (Lipinski definition) is 1. The van der Waals surface area contributed by atoms with E-state index in [4.69, 9.17) is 0 Å². The van der Waals surface area contributed by atoms with Crippen LogP contribution < -0.4 is 5.32 Å². The highest BCUT2D eigenvalue weighted by Crippen LogP contribution is 2.04. The first-order chi connectivity index (χ1) is 7.25. The maximum Gasteiger partial charge on any atom is 0.216 e. The Kier molecular flexibility index (Phi) is 2.67. The van der Waals surface area contributed by atoms with Gasteiger partial charge >= 0.3 is 0 Å². The summed E-state index contributed by atoms with van der Waals surface area (Å²) in [5.74, 6) is -0.00114. The predicted molar refractivity (Wildman–Crippen MR) is 57.6 cm³/mol. The van der Waals surface area contributed by atoms with Gasteiger partial charge in [0.05, 0.1) is 5.69 Å². The molecule has 78 valence electrons. The van der Waals surface area contributed by atoms with Gasteiger partial charge in [-0.25, -0.2) is 4.98 Å². The van der Waals surface area contributed by atoms with E-state index in [1.807, 2.05) is 35.0 Å². The Hall–Kier alpha value is -1.84. The van der Waals surface area contributed by atoms with Crippen molar-refractivity contribution in [2.24, 2.45) is 0 Å². The van der Waals surface area contributed by atoms with Gasteiger partial charge < -0.3 is 9.72 Å². The maximum absolute atomic E-state index is 10.7. The molecule has 15 heavy (non-hydrogen) atoms. The molecule has 1 amide bonds. The van der Waals surface area contributed by atoms with Crippen molar-refractivity contribution in [2.75, 3.05) is 6.54 Å². The molecule has 0 atom stereocenters. The fraction of sp³-hybridized carbons (Fsp3) is 0.273. The van der Waals surface area contributed by atoms with Crippen molar-refractivity contribution < 1.29 is 4.79 Å². The van der Waals surface area contributed by atoms with Gasteiger partial charge in [0.25, 0.3) is 0 Å². The number of rotatable bonds is 3. The van der Waals surface area contributed by atoms with E-state index >= 15 is 0 Å². The van der Waals surface area contributed by atoms with Crippen LogP contribution in [0.2, 0.25) is 0 Å². The van der Waals surface area contributed by atoms with Crippen LogP contribution >= 0.6 is 0 Å². The highest BCUT2D eigenvalue weighted by molar-refractivity contribution is 5.72. The summed E-state index contributed by atoms with van der Waals surface area (Å²) < 4.78 is 1.98. The number of fused-ring (bicyclic) bond motifs is 1. The first-order valence-corrected chi connectivity index (χ1v) is 4.93. The van der Waals surface area contributed by atoms with Crippen LogP contribution in [0.1, 0.15) is 12.6 Å². The molecule has 0 aliphatic heterocycles. The molecule has 0 bridgehead atoms. The van der Waals surface area contributed by atoms with Crippen LogP contribution in [0.4, 0.5) is 0 Å². The van der Waals surface area contributed by atoms with Crippen molar-refractivity contribution >= 4 is 11.6 Å². The molecule has 0 aromatic carbocycles. The van der Waals surface area contributed by atoms with Crippen molar-refractivity contribution in [3.8, 4) is 0 Å². The smallest absolute Gasteiger partial charge is 0.216 e. The number of amides is 1. The van der Waals surface area contributed by atoms with E-state index in [2.05, 4.69) is 10.3 Å². The third-order valence-corrected chi connectivity index (χ3v) is 2.17. The van der Waals surface area contributed by atoms with Gasteiger partial charge in [0.1, 0.15) is 5.65 Å². The quantitative estimate of drug-likeness (QED) is 0.809. The molecule has 0 spiro atoms. The molecule has 2 rings (SSSR count). The molecule has 0 saturated heterocycles. The van der Waals surface area contributed by atoms with E-state index in [0.717, 1.165) is 17.8 Å². The van der Waals surface area contributed by atoms with Gasteiger partial charge in [0, 0.05) is 32.3 Å². The van der Waals surface area contributed by atoms with E-state index in [-0.39, 0.29) is 5.91 Å². The third-order valence-electron chi connectivity index (χ3n) is 2.17. The van der Waals surface area contributed by atoms with Gasteiger partial charge in [0.15, 0.2) is 0 Å². The zero-order valence-corrected chi connectivity index (χ0v) is 8.60. The van der Waals surface area contributed by atoms with Crippen LogP contribution in [0.15, 0.2) is 30.6 Å². The molecule has 0 radical (unpaired) electrons. The van der Waals surface area contributed by atoms with Gasteiger partial charge in [-0.3, -0.25) is 4.79 Å². The molecule has 0 unspecified atom stereocenters. The fourth-order valence-corrected chi connectivity index (χ4v) is 1.47. The fourth-order valence-electron chi connectivity index (χ4n) is 1.47. The first-order valence-electron chi connectivity index (χ1n) is 4.93. The average Bonchev–Trinajstić information content (AvgIpc) is 2.59. The topological polar surface area (TPSA) is 46.4 Å². The predicted octanol–water partition coefficient (Wildman–Crippen LogP) is 1.01. The minimum absolute atomic E-state index is 0.00114. The van der Waals surface area contributed by atoms with Gasteiger partial charge in [0.2, 0.25) is 5.91 Å². The number of hydrogen-bond acceptors (Lipinski definition) is 2. The summed E-state index contributed by atoms with van der Waals surface area (Å²) in [7, 11) is 0. The Labute approximate surface area is 87.9 Å². The second-order valence-corrected chi connectivity index (χ2v) is 3.43. The molecule has 2 aromatic heterocycles. The van der Waals surface area contributed by atoms with Crippen molar-refractivity contribution in [2.45, 2.75) is 13.3 Å². The van der Waals surface area contributed by atoms with E-state index in [9.17, 15) is 4.79 Å². The summed E-state index contributed by atoms with van der Waals surface area (Å²) in [6, 6.07) is 5.88. The van der Waals surface area contributed by atoms with Crippen LogP contribution in [0.25, 0.3) is 5.65 Å². The van der Waals surface area contributed by atoms with Gasteiger partial charge in [-0.1, -0.05) is 6.07 Å². The molecule has 0 aliphatic carbocycles. The van der Waals surface area contributed by atoms with E-state index in [0.29, 0.717) is 6.54 Å². The van der Waals surface area contributed by atoms with E-state index in [1.165, 1.54) is 6.92 Å². The van der Waals surface area contributed by atoms with Crippen molar-refractivity contribution in [3.05, 3.63) is 36.3 Å². The summed E-state index contributed by atoms with van der Waals surface area (Å²) >= 11 is 0. The van der Waals surface area contributed by atoms with Gasteiger partial charge in [-0.2, -0.15) is 0 Å². The lowest BCUT2D eigenvalue weighted by molar-refractivity contribution is -0.118. The molecule has 2 heterocycles. The summed E-state index contributed by atoms with van der Waals surface area (Å²) in [4.78, 5) is 15.1. The second kappa shape index (κ2) is 4.13. The Morgan fingerprint density at radius 1 is 1.53 bits per heavy atom. The van der Waals surface area contributed by atoms with Gasteiger partial charge in [-0.05, 0) is 12.1 Å². The lowest BCUT2D eigenvalue weighted by atomic mass is 10.3. The normalized spacial score (nSPS) is 10.5. The monoisotopic (exact) mass is 203 g/mol. The van der Waals surface area contributed by atoms with E-state index < -0.39 is 0 Å². The summed E-state index contributed by atoms with van der Waals surface area (Å²) in [5.41, 5.74) is 1.94. The van der Waals surface area contributed by atoms with Crippen LogP contribution in [0.5, 0.6) is 0 Å². The largest absolute Gasteiger partial charge is 0.356 e. The van der Waals surface area contributed by atoms with Crippen LogP contribution in [0, 0.1) is 0 Å². The SMILES string of the molecule is CC(=O)NCCc1cn2ccccc2n1. The molecule has 4 nitrogen and oxygen atoms in total. The molecular formula is C11H13N3O. The second-order valence-electron chi connectivity index (χ2n) is 3.43. The average molecular weight is 203 g/mol. The summed E-state index contributed by atoms with van der Waals surface area (Å²) in [5, 5.41) is 2.75. The summed E-state index contributed by atoms with van der Waals surface area (Å²) in [6.45, 7) is 2.16. The Bertz CT molecular complexity index is 442. The number of nitrogens with zero attached hydrogens (tertiary/aromatic N) is 2. The number of carbonyl (C=O) groups excluding carboxylic acids is 1. The van der Waals surface area contributed by atoms with Gasteiger partial charge in [-0.15, -0.1) is 0 Å². The lowest BCUT2D eigenvalue weighted by Crippen LogP contribution is -2.22. The van der Waals surface area contributed by atoms with E-state index in [1.54, 1.807) is 0 Å². The van der Waals surface area contributed by atoms with Crippen molar-refractivity contribution in [1.82, 2.24) is 14.7 Å². The standard InChI is InChI=1S/C11H13N3O/c1-9(15)12-6-5-10-8-14-7-3-2-4-11(14)13-10/h2-4,7-8H,5-6H2,1H3,(H,12,15). The maximum atomic E-state index is 10.7. The number of nitrogens with one attached hydrogen (secondary N) is 1. The van der Waals surface area contributed by atoms with Crippen LogP contribution in [-0.4, -0.2) is 21.8 Å². The highest BCUT2D eigenvalue weighted by Gasteiger charge is 2.00. The number of aromatic nitrogens is 2. The number of carbonyl (C=O) groups is 1.